The number of rotatable bonds is 5. The van der Waals surface area contributed by atoms with Gasteiger partial charge in [0.25, 0.3) is 12.0 Å². The van der Waals surface area contributed by atoms with Gasteiger partial charge in [-0.05, 0) is 31.9 Å². The van der Waals surface area contributed by atoms with Crippen LogP contribution in [0.15, 0.2) is 35.1 Å². The van der Waals surface area contributed by atoms with Crippen LogP contribution in [0.3, 0.4) is 0 Å². The summed E-state index contributed by atoms with van der Waals surface area (Å²) < 4.78 is 42.5. The number of pyridine rings is 1. The number of halogens is 3. The molecule has 2 N–H and O–H groups in total. The predicted octanol–water partition coefficient (Wildman–Crippen LogP) is 4.65. The van der Waals surface area contributed by atoms with Crippen LogP contribution in [0.25, 0.3) is 16.5 Å². The van der Waals surface area contributed by atoms with Crippen LogP contribution in [0.4, 0.5) is 23.8 Å². The first kappa shape index (κ1) is 24.2. The lowest BCUT2D eigenvalue weighted by molar-refractivity contribution is 0.146. The Kier molecular flexibility index (Phi) is 6.51. The van der Waals surface area contributed by atoms with Gasteiger partial charge >= 0.3 is 6.09 Å². The Morgan fingerprint density at radius 2 is 1.94 bits per heavy atom. The summed E-state index contributed by atoms with van der Waals surface area (Å²) in [5, 5.41) is 12.6. The van der Waals surface area contributed by atoms with Crippen LogP contribution in [0.5, 0.6) is 0 Å². The zero-order valence-electron chi connectivity index (χ0n) is 19.3. The fraction of sp³-hybridized carbons (Fsp3) is 0.333. The van der Waals surface area contributed by atoms with E-state index in [0.29, 0.717) is 29.9 Å². The van der Waals surface area contributed by atoms with Gasteiger partial charge in [0.1, 0.15) is 23.0 Å². The molecule has 3 heterocycles. The van der Waals surface area contributed by atoms with Crippen molar-refractivity contribution >= 4 is 28.4 Å². The molecule has 1 atom stereocenters. The zero-order valence-corrected chi connectivity index (χ0v) is 19.3. The van der Waals surface area contributed by atoms with E-state index in [9.17, 15) is 27.9 Å². The van der Waals surface area contributed by atoms with Crippen molar-refractivity contribution < 1.29 is 23.1 Å². The van der Waals surface area contributed by atoms with E-state index in [1.165, 1.54) is 21.6 Å². The summed E-state index contributed by atoms with van der Waals surface area (Å²) in [5.74, 6) is -0.415. The Labute approximate surface area is 198 Å². The fourth-order valence-electron chi connectivity index (χ4n) is 4.23. The molecule has 0 bridgehead atoms. The number of fused-ring (bicyclic) bond motifs is 1. The third kappa shape index (κ3) is 4.58. The molecule has 0 fully saturated rings. The van der Waals surface area contributed by atoms with Crippen LogP contribution in [0, 0.1) is 12.7 Å². The largest absolute Gasteiger partial charge is 0.465 e. The molecule has 1 aliphatic heterocycles. The van der Waals surface area contributed by atoms with Crippen LogP contribution in [-0.2, 0) is 7.05 Å². The zero-order chi connectivity index (χ0) is 25.4. The third-order valence-corrected chi connectivity index (χ3v) is 6.13. The van der Waals surface area contributed by atoms with Gasteiger partial charge in [0.15, 0.2) is 0 Å². The van der Waals surface area contributed by atoms with E-state index in [1.54, 1.807) is 33.0 Å². The number of carboxylic acid groups (broad SMARTS) is 1. The smallest absolute Gasteiger partial charge is 0.407 e. The summed E-state index contributed by atoms with van der Waals surface area (Å²) in [5.41, 5.74) is 0.534. The summed E-state index contributed by atoms with van der Waals surface area (Å²) in [7, 11) is 1.61. The van der Waals surface area contributed by atoms with E-state index in [4.69, 9.17) is 0 Å². The molecule has 0 radical (unpaired) electrons. The molecule has 0 spiro atoms. The first-order valence-electron chi connectivity index (χ1n) is 11.0. The van der Waals surface area contributed by atoms with Gasteiger partial charge in [-0.1, -0.05) is 24.3 Å². The number of nitrogens with zero attached hydrogens (tertiary/aromatic N) is 4. The summed E-state index contributed by atoms with van der Waals surface area (Å²) in [4.78, 5) is 34.3. The van der Waals surface area contributed by atoms with Crippen molar-refractivity contribution in [2.75, 3.05) is 18.4 Å². The van der Waals surface area contributed by atoms with Crippen molar-refractivity contribution in [3.63, 3.8) is 0 Å². The molecule has 11 heteroatoms. The van der Waals surface area contributed by atoms with Gasteiger partial charge in [0.05, 0.1) is 17.0 Å². The van der Waals surface area contributed by atoms with E-state index in [1.807, 2.05) is 0 Å². The number of anilines is 1. The van der Waals surface area contributed by atoms with Crippen LogP contribution >= 0.6 is 0 Å². The van der Waals surface area contributed by atoms with Gasteiger partial charge in [-0.3, -0.25) is 4.79 Å². The second kappa shape index (κ2) is 9.40. The molecule has 0 saturated carbocycles. The van der Waals surface area contributed by atoms with Crippen molar-refractivity contribution in [3.05, 3.63) is 69.2 Å². The maximum atomic E-state index is 14.7. The SMILES string of the molecule is Cc1nc(NC(C)c2cccc(C(F)F)c2F)c2cc(C3=CCN(C(=O)O)CC3)n(C)c(=O)c2n1. The van der Waals surface area contributed by atoms with E-state index in [0.717, 1.165) is 11.6 Å². The highest BCUT2D eigenvalue weighted by Crippen LogP contribution is 2.31. The Bertz CT molecular complexity index is 1400. The molecule has 2 aromatic heterocycles. The molecule has 4 rings (SSSR count). The molecule has 0 saturated heterocycles. The first-order chi connectivity index (χ1) is 16.6. The van der Waals surface area contributed by atoms with Gasteiger partial charge in [-0.25, -0.2) is 27.9 Å². The predicted molar refractivity (Wildman–Crippen MR) is 125 cm³/mol. The maximum Gasteiger partial charge on any atom is 0.407 e. The van der Waals surface area contributed by atoms with Crippen LogP contribution < -0.4 is 10.9 Å². The van der Waals surface area contributed by atoms with Crippen LogP contribution in [0.2, 0.25) is 0 Å². The average molecular weight is 487 g/mol. The molecule has 1 aromatic carbocycles. The number of aromatic nitrogens is 3. The topological polar surface area (TPSA) is 100 Å². The standard InChI is InChI=1S/C24H24F3N5O3/c1-12(15-5-4-6-16(19(15)25)21(26)27)28-22-17-11-18(14-7-9-32(10-8-14)24(34)35)31(3)23(33)20(17)29-13(2)30-22/h4-7,11-12,21H,8-10H2,1-3H3,(H,34,35)(H,28,29,30). The minimum atomic E-state index is -2.95. The average Bonchev–Trinajstić information content (AvgIpc) is 2.81. The molecule has 1 aliphatic rings. The number of carbonyl (C=O) groups is 1. The minimum absolute atomic E-state index is 0.0417. The van der Waals surface area contributed by atoms with Crippen LogP contribution in [-0.4, -0.2) is 43.7 Å². The number of alkyl halides is 2. The molecule has 3 aromatic rings. The van der Waals surface area contributed by atoms with E-state index >= 15 is 0 Å². The van der Waals surface area contributed by atoms with Gasteiger partial charge in [0, 0.05) is 31.4 Å². The minimum Gasteiger partial charge on any atom is -0.465 e. The highest BCUT2D eigenvalue weighted by atomic mass is 19.3. The number of aryl methyl sites for hydroxylation is 1. The Hall–Kier alpha value is -3.89. The summed E-state index contributed by atoms with van der Waals surface area (Å²) in [6.07, 6.45) is -1.78. The number of hydrogen-bond donors (Lipinski definition) is 2. The van der Waals surface area contributed by atoms with E-state index < -0.39 is 29.9 Å². The maximum absolute atomic E-state index is 14.7. The number of amides is 1. The van der Waals surface area contributed by atoms with Crippen molar-refractivity contribution in [1.82, 2.24) is 19.4 Å². The lowest BCUT2D eigenvalue weighted by Gasteiger charge is -2.25. The molecule has 184 valence electrons. The quantitative estimate of drug-likeness (QED) is 0.543. The Balaban J connectivity index is 1.79. The molecule has 35 heavy (non-hydrogen) atoms. The third-order valence-electron chi connectivity index (χ3n) is 6.13. The molecular formula is C24H24F3N5O3. The molecule has 1 unspecified atom stereocenters. The number of benzene rings is 1. The number of hydrogen-bond acceptors (Lipinski definition) is 5. The molecule has 0 aliphatic carbocycles. The van der Waals surface area contributed by atoms with Crippen molar-refractivity contribution in [2.24, 2.45) is 7.05 Å². The van der Waals surface area contributed by atoms with Crippen molar-refractivity contribution in [3.8, 4) is 0 Å². The van der Waals surface area contributed by atoms with Crippen LogP contribution in [0.1, 0.15) is 48.5 Å². The van der Waals surface area contributed by atoms with Gasteiger partial charge < -0.3 is 19.9 Å². The highest BCUT2D eigenvalue weighted by Gasteiger charge is 2.23. The Morgan fingerprint density at radius 1 is 1.23 bits per heavy atom. The summed E-state index contributed by atoms with van der Waals surface area (Å²) >= 11 is 0. The van der Waals surface area contributed by atoms with Crippen molar-refractivity contribution in [2.45, 2.75) is 32.7 Å². The molecule has 1 amide bonds. The van der Waals surface area contributed by atoms with Gasteiger partial charge in [-0.2, -0.15) is 0 Å². The van der Waals surface area contributed by atoms with Gasteiger partial charge in [0.2, 0.25) is 0 Å². The van der Waals surface area contributed by atoms with E-state index in [2.05, 4.69) is 15.3 Å². The summed E-state index contributed by atoms with van der Waals surface area (Å²) in [6.45, 7) is 3.72. The normalized spacial score (nSPS) is 14.8. The van der Waals surface area contributed by atoms with Crippen molar-refractivity contribution in [1.29, 1.82) is 0 Å². The highest BCUT2D eigenvalue weighted by molar-refractivity contribution is 5.91. The molecule has 8 nitrogen and oxygen atoms in total. The lowest BCUT2D eigenvalue weighted by Crippen LogP contribution is -2.34. The van der Waals surface area contributed by atoms with E-state index in [-0.39, 0.29) is 29.0 Å². The first-order valence-corrected chi connectivity index (χ1v) is 11.0. The second-order valence-corrected chi connectivity index (χ2v) is 8.40. The fourth-order valence-corrected chi connectivity index (χ4v) is 4.23. The second-order valence-electron chi connectivity index (χ2n) is 8.40. The molecular weight excluding hydrogens is 463 g/mol. The monoisotopic (exact) mass is 487 g/mol. The summed E-state index contributed by atoms with van der Waals surface area (Å²) in [6, 6.07) is 4.82. The lowest BCUT2D eigenvalue weighted by atomic mass is 10.0. The van der Waals surface area contributed by atoms with Gasteiger partial charge in [-0.15, -0.1) is 0 Å². The number of nitrogens with one attached hydrogen (secondary N) is 1. The Morgan fingerprint density at radius 3 is 2.57 bits per heavy atom.